The molecule has 10 heteroatoms. The standard InChI is InChI=1S/C22H21N7O3/c30-19(14-28-21(31)11-8-17(26-28)15-6-7-15)23-12-13-32-20-10-9-18-24-25-22(29(18)27-20)16-4-2-1-3-5-16/h1-5,8-11,15H,6-7,12-14H2,(H,23,30). The number of rotatable bonds is 8. The van der Waals surface area contributed by atoms with Gasteiger partial charge in [0, 0.05) is 23.6 Å². The predicted molar refractivity (Wildman–Crippen MR) is 115 cm³/mol. The van der Waals surface area contributed by atoms with E-state index in [0.29, 0.717) is 23.3 Å². The number of aromatic nitrogens is 6. The summed E-state index contributed by atoms with van der Waals surface area (Å²) >= 11 is 0. The molecule has 4 aromatic rings. The molecular formula is C22H21N7O3. The molecule has 1 fully saturated rings. The van der Waals surface area contributed by atoms with Crippen molar-refractivity contribution < 1.29 is 9.53 Å². The Morgan fingerprint density at radius 1 is 1.03 bits per heavy atom. The van der Waals surface area contributed by atoms with Crippen LogP contribution >= 0.6 is 0 Å². The number of hydrogen-bond donors (Lipinski definition) is 1. The molecule has 1 amide bonds. The minimum Gasteiger partial charge on any atom is -0.475 e. The Kier molecular flexibility index (Phi) is 5.32. The first-order chi connectivity index (χ1) is 15.7. The van der Waals surface area contributed by atoms with Crippen molar-refractivity contribution in [3.63, 3.8) is 0 Å². The number of hydrogen-bond acceptors (Lipinski definition) is 7. The summed E-state index contributed by atoms with van der Waals surface area (Å²) in [5.74, 6) is 1.12. The molecule has 1 saturated carbocycles. The van der Waals surface area contributed by atoms with E-state index >= 15 is 0 Å². The molecule has 0 atom stereocenters. The van der Waals surface area contributed by atoms with Gasteiger partial charge < -0.3 is 10.1 Å². The van der Waals surface area contributed by atoms with E-state index in [-0.39, 0.29) is 31.2 Å². The molecule has 1 aromatic carbocycles. The summed E-state index contributed by atoms with van der Waals surface area (Å²) in [6, 6.07) is 16.3. The predicted octanol–water partition coefficient (Wildman–Crippen LogP) is 1.42. The van der Waals surface area contributed by atoms with Gasteiger partial charge >= 0.3 is 0 Å². The average molecular weight is 431 g/mol. The Bertz CT molecular complexity index is 1310. The summed E-state index contributed by atoms with van der Waals surface area (Å²) in [5.41, 5.74) is 2.08. The normalized spacial score (nSPS) is 13.2. The molecule has 1 N–H and O–H groups in total. The Balaban J connectivity index is 1.17. The number of fused-ring (bicyclic) bond motifs is 1. The molecule has 0 spiro atoms. The van der Waals surface area contributed by atoms with Crippen LogP contribution in [0, 0.1) is 0 Å². The summed E-state index contributed by atoms with van der Waals surface area (Å²) in [7, 11) is 0. The highest BCUT2D eigenvalue weighted by atomic mass is 16.5. The van der Waals surface area contributed by atoms with E-state index in [4.69, 9.17) is 4.74 Å². The van der Waals surface area contributed by atoms with Gasteiger partial charge in [-0.2, -0.15) is 9.61 Å². The van der Waals surface area contributed by atoms with Crippen molar-refractivity contribution in [2.75, 3.05) is 13.2 Å². The number of amides is 1. The lowest BCUT2D eigenvalue weighted by Gasteiger charge is -2.09. The zero-order valence-electron chi connectivity index (χ0n) is 17.2. The van der Waals surface area contributed by atoms with Gasteiger partial charge in [-0.15, -0.1) is 15.3 Å². The van der Waals surface area contributed by atoms with Gasteiger partial charge in [0.1, 0.15) is 13.2 Å². The maximum atomic E-state index is 12.2. The molecule has 32 heavy (non-hydrogen) atoms. The summed E-state index contributed by atoms with van der Waals surface area (Å²) < 4.78 is 8.50. The zero-order valence-corrected chi connectivity index (χ0v) is 17.2. The molecule has 0 radical (unpaired) electrons. The van der Waals surface area contributed by atoms with E-state index in [1.54, 1.807) is 22.7 Å². The molecule has 0 unspecified atom stereocenters. The first-order valence-electron chi connectivity index (χ1n) is 10.4. The molecule has 0 saturated heterocycles. The SMILES string of the molecule is O=C(Cn1nc(C2CC2)ccc1=O)NCCOc1ccc2nnc(-c3ccccc3)n2n1. The zero-order chi connectivity index (χ0) is 21.9. The quantitative estimate of drug-likeness (QED) is 0.419. The van der Waals surface area contributed by atoms with Gasteiger partial charge in [0.15, 0.2) is 11.5 Å². The maximum absolute atomic E-state index is 12.2. The third-order valence-corrected chi connectivity index (χ3v) is 5.12. The van der Waals surface area contributed by atoms with Crippen LogP contribution in [0.15, 0.2) is 59.4 Å². The van der Waals surface area contributed by atoms with Gasteiger partial charge in [0.05, 0.1) is 12.2 Å². The number of benzene rings is 1. The Hall–Kier alpha value is -4.08. The lowest BCUT2D eigenvalue weighted by molar-refractivity contribution is -0.122. The summed E-state index contributed by atoms with van der Waals surface area (Å²) in [5, 5.41) is 19.8. The monoisotopic (exact) mass is 431 g/mol. The van der Waals surface area contributed by atoms with Crippen molar-refractivity contribution in [3.8, 4) is 17.3 Å². The second-order valence-electron chi connectivity index (χ2n) is 7.56. The highest BCUT2D eigenvalue weighted by Gasteiger charge is 2.25. The van der Waals surface area contributed by atoms with Crippen LogP contribution in [0.3, 0.4) is 0 Å². The highest BCUT2D eigenvalue weighted by Crippen LogP contribution is 2.38. The minimum atomic E-state index is -0.301. The smallest absolute Gasteiger partial charge is 0.267 e. The molecule has 10 nitrogen and oxygen atoms in total. The lowest BCUT2D eigenvalue weighted by Crippen LogP contribution is -2.35. The van der Waals surface area contributed by atoms with Gasteiger partial charge in [-0.05, 0) is 25.0 Å². The van der Waals surface area contributed by atoms with Crippen LogP contribution in [0.4, 0.5) is 0 Å². The van der Waals surface area contributed by atoms with Crippen molar-refractivity contribution in [2.45, 2.75) is 25.3 Å². The van der Waals surface area contributed by atoms with Crippen molar-refractivity contribution in [3.05, 3.63) is 70.6 Å². The van der Waals surface area contributed by atoms with Crippen LogP contribution < -0.4 is 15.6 Å². The van der Waals surface area contributed by atoms with Gasteiger partial charge in [-0.1, -0.05) is 30.3 Å². The third-order valence-electron chi connectivity index (χ3n) is 5.12. The topological polar surface area (TPSA) is 116 Å². The molecule has 1 aliphatic rings. The van der Waals surface area contributed by atoms with Gasteiger partial charge in [-0.25, -0.2) is 4.68 Å². The molecule has 5 rings (SSSR count). The number of nitrogens with zero attached hydrogens (tertiary/aromatic N) is 6. The number of carbonyl (C=O) groups is 1. The molecular weight excluding hydrogens is 410 g/mol. The van der Waals surface area contributed by atoms with Crippen LogP contribution in [0.1, 0.15) is 24.5 Å². The van der Waals surface area contributed by atoms with E-state index in [0.717, 1.165) is 24.1 Å². The summed E-state index contributed by atoms with van der Waals surface area (Å²) in [6.45, 7) is 0.367. The molecule has 162 valence electrons. The van der Waals surface area contributed by atoms with Gasteiger partial charge in [-0.3, -0.25) is 9.59 Å². The molecule has 1 aliphatic carbocycles. The minimum absolute atomic E-state index is 0.120. The van der Waals surface area contributed by atoms with Crippen molar-refractivity contribution in [2.24, 2.45) is 0 Å². The highest BCUT2D eigenvalue weighted by molar-refractivity contribution is 5.75. The summed E-state index contributed by atoms with van der Waals surface area (Å²) in [4.78, 5) is 24.2. The van der Waals surface area contributed by atoms with Crippen molar-refractivity contribution >= 4 is 11.6 Å². The number of carbonyl (C=O) groups excluding carboxylic acids is 1. The van der Waals surface area contributed by atoms with E-state index in [1.807, 2.05) is 30.3 Å². The van der Waals surface area contributed by atoms with Crippen molar-refractivity contribution in [1.29, 1.82) is 0 Å². The Morgan fingerprint density at radius 3 is 2.69 bits per heavy atom. The maximum Gasteiger partial charge on any atom is 0.267 e. The van der Waals surface area contributed by atoms with E-state index in [9.17, 15) is 9.59 Å². The number of ether oxygens (including phenoxy) is 1. The first-order valence-corrected chi connectivity index (χ1v) is 10.4. The van der Waals surface area contributed by atoms with E-state index < -0.39 is 0 Å². The summed E-state index contributed by atoms with van der Waals surface area (Å²) in [6.07, 6.45) is 2.16. The van der Waals surface area contributed by atoms with Crippen LogP contribution in [-0.2, 0) is 11.3 Å². The van der Waals surface area contributed by atoms with E-state index in [1.165, 1.54) is 10.7 Å². The third kappa shape index (κ3) is 4.34. The Morgan fingerprint density at radius 2 is 1.88 bits per heavy atom. The second-order valence-corrected chi connectivity index (χ2v) is 7.56. The van der Waals surface area contributed by atoms with Gasteiger partial charge in [0.2, 0.25) is 11.8 Å². The Labute approximate surface area is 182 Å². The van der Waals surface area contributed by atoms with Crippen LogP contribution in [0.25, 0.3) is 17.0 Å². The second kappa shape index (κ2) is 8.58. The van der Waals surface area contributed by atoms with E-state index in [2.05, 4.69) is 25.7 Å². The van der Waals surface area contributed by atoms with Crippen molar-refractivity contribution in [1.82, 2.24) is 34.9 Å². The largest absolute Gasteiger partial charge is 0.475 e. The molecule has 3 aromatic heterocycles. The molecule has 0 bridgehead atoms. The molecule has 0 aliphatic heterocycles. The van der Waals surface area contributed by atoms with Crippen LogP contribution in [0.5, 0.6) is 5.88 Å². The number of nitrogens with one attached hydrogen (secondary N) is 1. The lowest BCUT2D eigenvalue weighted by atomic mass is 10.2. The van der Waals surface area contributed by atoms with Crippen LogP contribution in [0.2, 0.25) is 0 Å². The van der Waals surface area contributed by atoms with Gasteiger partial charge in [0.25, 0.3) is 5.56 Å². The average Bonchev–Trinajstić information content (AvgIpc) is 3.58. The fourth-order valence-corrected chi connectivity index (χ4v) is 3.33. The fourth-order valence-electron chi connectivity index (χ4n) is 3.33. The first kappa shape index (κ1) is 19.9. The van der Waals surface area contributed by atoms with Crippen LogP contribution in [-0.4, -0.2) is 48.7 Å². The molecule has 3 heterocycles. The fraction of sp³-hybridized carbons (Fsp3) is 0.273.